The number of rotatable bonds is 8. The van der Waals surface area contributed by atoms with Gasteiger partial charge in [0.05, 0.1) is 5.69 Å². The van der Waals surface area contributed by atoms with Gasteiger partial charge in [0, 0.05) is 38.7 Å². The molecule has 0 unspecified atom stereocenters. The fraction of sp³-hybridized carbons (Fsp3) is 0.0351. The van der Waals surface area contributed by atoms with Crippen molar-refractivity contribution in [1.29, 1.82) is 0 Å². The quantitative estimate of drug-likeness (QED) is 0.143. The van der Waals surface area contributed by atoms with Crippen LogP contribution in [0.4, 0.5) is 0 Å². The van der Waals surface area contributed by atoms with E-state index in [1.54, 1.807) is 0 Å². The predicted octanol–water partition coefficient (Wildman–Crippen LogP) is 12.8. The van der Waals surface area contributed by atoms with E-state index >= 15 is 0 Å². The summed E-state index contributed by atoms with van der Waals surface area (Å²) in [5.41, 5.74) is 15.4. The second kappa shape index (κ2) is 15.8. The average molecular weight is 824 g/mol. The van der Waals surface area contributed by atoms with E-state index in [0.717, 1.165) is 61.6 Å². The van der Waals surface area contributed by atoms with Gasteiger partial charge in [-0.25, -0.2) is 24.9 Å². The van der Waals surface area contributed by atoms with Gasteiger partial charge in [0.2, 0.25) is 0 Å². The van der Waals surface area contributed by atoms with E-state index in [-0.39, 0.29) is 0 Å². The van der Waals surface area contributed by atoms with E-state index in [1.165, 1.54) is 32.8 Å². The summed E-state index contributed by atoms with van der Waals surface area (Å²) in [6, 6.07) is 74.2. The second-order valence-corrected chi connectivity index (χ2v) is 20.8. The molecule has 1 aliphatic rings. The molecule has 0 saturated carbocycles. The number of fused-ring (bicyclic) bond motifs is 3. The average Bonchev–Trinajstić information content (AvgIpc) is 3.60. The molecule has 3 heterocycles. The zero-order valence-electron chi connectivity index (χ0n) is 34.9. The summed E-state index contributed by atoms with van der Waals surface area (Å²) in [6.45, 7) is 4.82. The van der Waals surface area contributed by atoms with Crippen molar-refractivity contribution >= 4 is 18.6 Å². The maximum absolute atomic E-state index is 5.33. The van der Waals surface area contributed by atoms with Crippen molar-refractivity contribution in [3.05, 3.63) is 212 Å². The summed E-state index contributed by atoms with van der Waals surface area (Å²) in [6.07, 6.45) is 0. The zero-order valence-corrected chi connectivity index (χ0v) is 35.9. The minimum Gasteiger partial charge on any atom is -0.237 e. The number of benzene rings is 8. The van der Waals surface area contributed by atoms with Crippen molar-refractivity contribution in [2.24, 2.45) is 0 Å². The van der Waals surface area contributed by atoms with Crippen molar-refractivity contribution in [2.45, 2.75) is 13.1 Å². The van der Waals surface area contributed by atoms with Gasteiger partial charge in [-0.2, -0.15) is 0 Å². The summed E-state index contributed by atoms with van der Waals surface area (Å²) in [5, 5.41) is 2.64. The topological polar surface area (TPSA) is 64.5 Å². The number of nitrogens with zero attached hydrogens (tertiary/aromatic N) is 5. The summed E-state index contributed by atoms with van der Waals surface area (Å²) in [7, 11) is -2.02. The molecule has 0 fully saturated rings. The highest BCUT2D eigenvalue weighted by Crippen LogP contribution is 2.37. The van der Waals surface area contributed by atoms with E-state index in [4.69, 9.17) is 24.9 Å². The Morgan fingerprint density at radius 3 is 0.968 bits per heavy atom. The summed E-state index contributed by atoms with van der Waals surface area (Å²) in [5.74, 6) is 2.73. The van der Waals surface area contributed by atoms with Crippen LogP contribution in [0.15, 0.2) is 212 Å². The Balaban J connectivity index is 0.821. The molecule has 6 heteroatoms. The van der Waals surface area contributed by atoms with Gasteiger partial charge in [-0.1, -0.05) is 225 Å². The van der Waals surface area contributed by atoms with Crippen LogP contribution in [0.2, 0.25) is 13.1 Å². The van der Waals surface area contributed by atoms with Crippen LogP contribution in [0.25, 0.3) is 101 Å². The smallest absolute Gasteiger partial charge is 0.164 e. The van der Waals surface area contributed by atoms with Gasteiger partial charge >= 0.3 is 0 Å². The maximum Gasteiger partial charge on any atom is 0.164 e. The molecule has 0 spiro atoms. The highest BCUT2D eigenvalue weighted by atomic mass is 28.3. The largest absolute Gasteiger partial charge is 0.237 e. The van der Waals surface area contributed by atoms with Gasteiger partial charge in [0.15, 0.2) is 23.3 Å². The third-order valence-corrected chi connectivity index (χ3v) is 15.5. The Morgan fingerprint density at radius 1 is 0.270 bits per heavy atom. The third kappa shape index (κ3) is 7.16. The van der Waals surface area contributed by atoms with Crippen LogP contribution in [0.5, 0.6) is 0 Å². The normalized spacial score (nSPS) is 12.4. The maximum atomic E-state index is 5.33. The molecule has 0 amide bonds. The Labute approximate surface area is 368 Å². The van der Waals surface area contributed by atoms with Gasteiger partial charge in [0.1, 0.15) is 8.07 Å². The molecule has 0 radical (unpaired) electrons. The molecule has 0 atom stereocenters. The van der Waals surface area contributed by atoms with Gasteiger partial charge in [-0.3, -0.25) is 0 Å². The summed E-state index contributed by atoms with van der Waals surface area (Å²) in [4.78, 5) is 25.2. The third-order valence-electron chi connectivity index (χ3n) is 12.2. The monoisotopic (exact) mass is 823 g/mol. The molecule has 1 aliphatic heterocycles. The predicted molar refractivity (Wildman–Crippen MR) is 261 cm³/mol. The Kier molecular flexibility index (Phi) is 9.55. The fourth-order valence-corrected chi connectivity index (χ4v) is 11.7. The van der Waals surface area contributed by atoms with Crippen molar-refractivity contribution in [3.8, 4) is 101 Å². The Morgan fingerprint density at radius 2 is 0.571 bits per heavy atom. The lowest BCUT2D eigenvalue weighted by Crippen LogP contribution is -2.50. The van der Waals surface area contributed by atoms with E-state index in [2.05, 4.69) is 165 Å². The SMILES string of the molecule is C[Si]1(C)c2ccccc2-c2c(-c3ccccc3)nc(-c3ccc(-c4ccc(-c5ccc(-c6ccc(-c7nc(-c8ccccc8)nc(-c8ccccc8)n7)cc6)cc5)cc4)cc3)nc21. The first-order chi connectivity index (χ1) is 31.0. The molecule has 298 valence electrons. The van der Waals surface area contributed by atoms with Crippen LogP contribution in [-0.2, 0) is 0 Å². The molecule has 8 aromatic carbocycles. The van der Waals surface area contributed by atoms with Crippen LogP contribution in [-0.4, -0.2) is 33.0 Å². The molecular formula is C57H41N5Si. The van der Waals surface area contributed by atoms with Crippen LogP contribution in [0.3, 0.4) is 0 Å². The number of aromatic nitrogens is 5. The van der Waals surface area contributed by atoms with Gasteiger partial charge in [0.25, 0.3) is 0 Å². The molecule has 10 aromatic rings. The minimum atomic E-state index is -2.02. The molecule has 11 rings (SSSR count). The molecular weight excluding hydrogens is 783 g/mol. The lowest BCUT2D eigenvalue weighted by Gasteiger charge is -2.19. The molecule has 5 nitrogen and oxygen atoms in total. The summed E-state index contributed by atoms with van der Waals surface area (Å²) >= 11 is 0. The van der Waals surface area contributed by atoms with E-state index in [0.29, 0.717) is 17.5 Å². The Hall–Kier alpha value is -7.93. The van der Waals surface area contributed by atoms with Crippen molar-refractivity contribution in [3.63, 3.8) is 0 Å². The van der Waals surface area contributed by atoms with Crippen LogP contribution in [0, 0.1) is 0 Å². The lowest BCUT2D eigenvalue weighted by molar-refractivity contribution is 1.07. The zero-order chi connectivity index (χ0) is 42.3. The Bertz CT molecular complexity index is 3190. The molecule has 0 bridgehead atoms. The van der Waals surface area contributed by atoms with E-state index < -0.39 is 8.07 Å². The van der Waals surface area contributed by atoms with E-state index in [9.17, 15) is 0 Å². The standard InChI is InChI=1S/C57H41N5Si/c1-63(2)50-21-13-12-20-49(50)51-52(44-14-6-3-7-15-44)58-53(62-57(51)63)47-34-30-42(31-35-47)40-26-22-38(23-27-40)39-24-28-41(29-25-39)43-32-36-48(37-33-43)56-60-54(45-16-8-4-9-17-45)59-55(61-56)46-18-10-5-11-19-46/h3-37H,1-2H3. The van der Waals surface area contributed by atoms with Gasteiger partial charge < -0.3 is 0 Å². The first-order valence-corrected chi connectivity index (χ1v) is 24.3. The van der Waals surface area contributed by atoms with E-state index in [1.807, 2.05) is 60.7 Å². The number of hydrogen-bond donors (Lipinski definition) is 0. The van der Waals surface area contributed by atoms with Crippen LogP contribution in [0.1, 0.15) is 0 Å². The number of hydrogen-bond acceptors (Lipinski definition) is 5. The molecule has 0 saturated heterocycles. The van der Waals surface area contributed by atoms with Gasteiger partial charge in [-0.05, 0) is 44.1 Å². The highest BCUT2D eigenvalue weighted by molar-refractivity contribution is 7.03. The van der Waals surface area contributed by atoms with Crippen molar-refractivity contribution in [2.75, 3.05) is 0 Å². The van der Waals surface area contributed by atoms with Crippen molar-refractivity contribution < 1.29 is 0 Å². The second-order valence-electron chi connectivity index (χ2n) is 16.5. The molecule has 0 aliphatic carbocycles. The molecule has 63 heavy (non-hydrogen) atoms. The van der Waals surface area contributed by atoms with Gasteiger partial charge in [-0.15, -0.1) is 0 Å². The molecule has 2 aromatic heterocycles. The minimum absolute atomic E-state index is 0.645. The van der Waals surface area contributed by atoms with Crippen molar-refractivity contribution in [1.82, 2.24) is 24.9 Å². The highest BCUT2D eigenvalue weighted by Gasteiger charge is 2.41. The summed E-state index contributed by atoms with van der Waals surface area (Å²) < 4.78 is 0. The first-order valence-electron chi connectivity index (χ1n) is 21.3. The molecule has 0 N–H and O–H groups in total. The van der Waals surface area contributed by atoms with Crippen LogP contribution < -0.4 is 10.5 Å². The fourth-order valence-electron chi connectivity index (χ4n) is 8.75. The lowest BCUT2D eigenvalue weighted by atomic mass is 9.97. The first kappa shape index (κ1) is 38.0. The van der Waals surface area contributed by atoms with Crippen LogP contribution >= 0.6 is 0 Å².